The van der Waals surface area contributed by atoms with E-state index in [1.54, 1.807) is 91.6 Å². The maximum absolute atomic E-state index is 12.6. The molecule has 498 valence electrons. The maximum atomic E-state index is 12.6. The number of carbonyl (C=O) groups is 3. The van der Waals surface area contributed by atoms with Gasteiger partial charge in [0.25, 0.3) is 11.8 Å². The normalized spacial score (nSPS) is 10.6. The van der Waals surface area contributed by atoms with Crippen molar-refractivity contribution in [2.75, 3.05) is 24.4 Å². The third-order valence-corrected chi connectivity index (χ3v) is 15.9. The van der Waals surface area contributed by atoms with Crippen LogP contribution in [-0.2, 0) is 38.9 Å². The molecule has 2 amide bonds. The molecule has 0 unspecified atom stereocenters. The van der Waals surface area contributed by atoms with Gasteiger partial charge in [0, 0.05) is 138 Å². The Bertz CT molecular complexity index is 4650. The smallest absolute Gasteiger partial charge is 0.335 e. The number of hydrogen-bond donors (Lipinski definition) is 7. The highest BCUT2D eigenvalue weighted by Crippen LogP contribution is 2.30. The average Bonchev–Trinajstić information content (AvgIpc) is 0.821. The Hall–Kier alpha value is -9.48. The van der Waals surface area contributed by atoms with Crippen LogP contribution in [0.4, 0.5) is 21.8 Å². The summed E-state index contributed by atoms with van der Waals surface area (Å²) in [6, 6.07) is 37.6. The number of hydrogen-bond acceptors (Lipinski definition) is 16. The van der Waals surface area contributed by atoms with Crippen molar-refractivity contribution < 1.29 is 25.3 Å². The number of nitrogen functional groups attached to an aromatic ring is 3. The lowest BCUT2D eigenvalue weighted by Gasteiger charge is -2.09. The van der Waals surface area contributed by atoms with Gasteiger partial charge in [-0.3, -0.25) is 43.9 Å². The van der Waals surface area contributed by atoms with E-state index in [0.717, 1.165) is 78.0 Å². The van der Waals surface area contributed by atoms with Gasteiger partial charge in [0.2, 0.25) is 0 Å². The van der Waals surface area contributed by atoms with Crippen LogP contribution in [0.5, 0.6) is 0 Å². The molecule has 12 rings (SSSR count). The van der Waals surface area contributed by atoms with E-state index < -0.39 is 13.1 Å². The van der Waals surface area contributed by atoms with Gasteiger partial charge in [-0.25, -0.2) is 19.7 Å². The molecule has 0 saturated carbocycles. The van der Waals surface area contributed by atoms with E-state index >= 15 is 0 Å². The molecule has 0 fully saturated rings. The lowest BCUT2D eigenvalue weighted by atomic mass is 10.0. The summed E-state index contributed by atoms with van der Waals surface area (Å²) < 4.78 is 15.5. The van der Waals surface area contributed by atoms with Gasteiger partial charge in [-0.2, -0.15) is 0 Å². The number of aromatic carboxylic acids is 1. The van der Waals surface area contributed by atoms with Gasteiger partial charge in [-0.15, -0.1) is 12.4 Å². The van der Waals surface area contributed by atoms with E-state index in [1.807, 2.05) is 81.4 Å². The molecule has 9 aromatic heterocycles. The number of carboxylic acid groups (broad SMARTS) is 1. The summed E-state index contributed by atoms with van der Waals surface area (Å²) in [5.41, 5.74) is 35.9. The number of halogens is 8. The summed E-state index contributed by atoms with van der Waals surface area (Å²) in [6.45, 7) is 6.88. The molecule has 0 aliphatic carbocycles. The predicted octanol–water partition coefficient (Wildman–Crippen LogP) is 15.2. The van der Waals surface area contributed by atoms with Gasteiger partial charge in [0.05, 0.1) is 60.8 Å². The van der Waals surface area contributed by atoms with Gasteiger partial charge in [-0.05, 0) is 163 Å². The molecule has 0 bridgehead atoms. The van der Waals surface area contributed by atoms with E-state index in [1.165, 1.54) is 12.3 Å². The minimum atomic E-state index is -1.00. The predicted molar refractivity (Wildman–Crippen MR) is 388 cm³/mol. The van der Waals surface area contributed by atoms with Crippen LogP contribution in [0.15, 0.2) is 165 Å². The minimum absolute atomic E-state index is 0. The molecule has 11 N–H and O–H groups in total. The second-order valence-electron chi connectivity index (χ2n) is 21.4. The topological polar surface area (TPSA) is 316 Å². The highest BCUT2D eigenvalue weighted by atomic mass is 35.5. The van der Waals surface area contributed by atoms with Crippen molar-refractivity contribution in [1.82, 2.24) is 55.5 Å². The molecule has 12 aromatic rings. The second-order valence-corrected chi connectivity index (χ2v) is 23.9. The lowest BCUT2D eigenvalue weighted by molar-refractivity contribution is 0.0696. The number of amides is 2. The number of alkyl halides is 1. The van der Waals surface area contributed by atoms with Crippen LogP contribution in [0.2, 0.25) is 30.1 Å². The largest absolute Gasteiger partial charge is 0.478 e. The number of carboxylic acids is 1. The molecule has 3 aromatic carbocycles. The zero-order chi connectivity index (χ0) is 69.9. The number of carbonyl (C=O) groups excluding carboxylic acids is 2. The van der Waals surface area contributed by atoms with Crippen LogP contribution in [-0.4, -0.2) is 74.9 Å². The summed E-state index contributed by atoms with van der Waals surface area (Å²) in [4.78, 5) is 74.5. The number of aromatic nitrogens is 9. The number of nitrogens with two attached hydrogens (primary N) is 4. The van der Waals surface area contributed by atoms with Gasteiger partial charge in [-0.1, -0.05) is 87.8 Å². The molecule has 0 aliphatic rings. The molecule has 19 nitrogen and oxygen atoms in total. The van der Waals surface area contributed by atoms with Crippen LogP contribution < -0.4 is 33.6 Å². The number of nitrogens with one attached hydrogen (secondary N) is 2. The van der Waals surface area contributed by atoms with Crippen LogP contribution in [0.3, 0.4) is 0 Å². The molecule has 9 heterocycles. The number of pyridine rings is 9. The summed E-state index contributed by atoms with van der Waals surface area (Å²) in [7, 11) is -1.00. The minimum Gasteiger partial charge on any atom is -0.478 e. The number of fused-ring (bicyclic) bond motifs is 3. The van der Waals surface area contributed by atoms with Crippen LogP contribution >= 0.6 is 82.0 Å². The highest BCUT2D eigenvalue weighted by Gasteiger charge is 2.15. The molecule has 0 aliphatic heterocycles. The van der Waals surface area contributed by atoms with Crippen molar-refractivity contribution >= 4 is 150 Å². The zero-order valence-electron chi connectivity index (χ0n) is 53.1. The molecule has 0 atom stereocenters. The van der Waals surface area contributed by atoms with Crippen molar-refractivity contribution in [3.63, 3.8) is 0 Å². The van der Waals surface area contributed by atoms with Crippen molar-refractivity contribution in [3.05, 3.63) is 279 Å². The summed E-state index contributed by atoms with van der Waals surface area (Å²) in [5.74, 6) is 0.113. The molecule has 0 spiro atoms. The Labute approximate surface area is 595 Å². The van der Waals surface area contributed by atoms with Crippen molar-refractivity contribution in [1.29, 1.82) is 0 Å². The first-order valence-electron chi connectivity index (χ1n) is 29.7. The first kappa shape index (κ1) is 73.3. The van der Waals surface area contributed by atoms with Crippen molar-refractivity contribution in [2.24, 2.45) is 5.73 Å². The lowest BCUT2D eigenvalue weighted by Crippen LogP contribution is -2.23. The number of nitrogens with zero attached hydrogens (tertiary/aromatic N) is 9. The number of benzene rings is 3. The quantitative estimate of drug-likeness (QED) is 0.0532. The van der Waals surface area contributed by atoms with Gasteiger partial charge in [0.1, 0.15) is 17.5 Å². The Morgan fingerprint density at radius 1 is 0.464 bits per heavy atom. The van der Waals surface area contributed by atoms with E-state index in [2.05, 4.69) is 55.5 Å². The van der Waals surface area contributed by atoms with Gasteiger partial charge < -0.3 is 38.7 Å². The van der Waals surface area contributed by atoms with Gasteiger partial charge >= 0.3 is 5.97 Å². The summed E-state index contributed by atoms with van der Waals surface area (Å²) in [6.07, 6.45) is 10.9. The number of rotatable bonds is 14. The second kappa shape index (κ2) is 35.5. The third kappa shape index (κ3) is 21.3. The Balaban J connectivity index is 0.000000191. The maximum Gasteiger partial charge on any atom is 0.335 e. The van der Waals surface area contributed by atoms with Crippen molar-refractivity contribution in [2.45, 2.75) is 59.7 Å². The van der Waals surface area contributed by atoms with Crippen LogP contribution in [0, 0.1) is 20.8 Å². The molecule has 97 heavy (non-hydrogen) atoms. The fourth-order valence-electron chi connectivity index (χ4n) is 9.76. The Kier molecular flexibility index (Phi) is 26.8. The fourth-order valence-corrected chi connectivity index (χ4v) is 11.2. The monoisotopic (exact) mass is 1440 g/mol. The van der Waals surface area contributed by atoms with Gasteiger partial charge in [0.15, 0.2) is 0 Å². The van der Waals surface area contributed by atoms with Crippen molar-refractivity contribution in [3.8, 4) is 0 Å². The first-order chi connectivity index (χ1) is 46.4. The molecular weight excluding hydrogens is 1380 g/mol. The molecular formula is C70H63Cl7FN15O4. The Morgan fingerprint density at radius 3 is 1.08 bits per heavy atom. The van der Waals surface area contributed by atoms with E-state index in [9.17, 15) is 18.8 Å². The molecule has 27 heteroatoms. The van der Waals surface area contributed by atoms with Crippen LogP contribution in [0.25, 0.3) is 32.7 Å². The average molecular weight is 1450 g/mol. The van der Waals surface area contributed by atoms with Crippen LogP contribution in [0.1, 0.15) is 100.0 Å². The molecule has 0 radical (unpaired) electrons. The zero-order valence-corrected chi connectivity index (χ0v) is 57.5. The Morgan fingerprint density at radius 2 is 0.773 bits per heavy atom. The van der Waals surface area contributed by atoms with E-state index in [0.29, 0.717) is 120 Å². The summed E-state index contributed by atoms with van der Waals surface area (Å²) in [5, 5.41) is 20.6. The highest BCUT2D eigenvalue weighted by molar-refractivity contribution is 6.37. The number of aryl methyl sites for hydroxylation is 3. The third-order valence-electron chi connectivity index (χ3n) is 14.4. The van der Waals surface area contributed by atoms with E-state index in [4.69, 9.17) is 99.0 Å². The SMILES string of the molecule is Cc1nc(N)ccc1CN.Cc1nc(N)ccc1CNC(=O)c1ccnc(Cc2cc(Cl)c3ncc(Cl)cc3c2)c1.Cc1nc(N)ccc1CNC(=O)c1ccnc(Cc2cc(Cl)c3ncc(Cl)cc3c2)c1.Cl.O=C(O)c1ccnc(Cc2cc(Cl)c3ncc(Cl)cc3c2)c1.[2H]CF. The fraction of sp³-hybridized carbons (Fsp3) is 0.143. The molecule has 0 saturated heterocycles. The number of anilines is 3. The first-order valence-corrected chi connectivity index (χ1v) is 31.3. The standard InChI is InChI=1S/2C23H19Cl2N5O.C16H10Cl2N2O2.C7H11N3.CH3F.ClH/c2*1-13-16(2-3-21(26)30-13)11-29-23(31)15-4-5-27-19(10-15)7-14-6-17-9-18(24)12-28-22(17)20(25)8-14;17-12-6-11-3-9(5-14(18)15(11)20-8-12)4-13-7-10(16(21)22)1-2-19-13;1-5-6(4-8)2-3-7(9)10-5;1-2;/h2*2-6,8-10,12H,7,11H2,1H3,(H2,26,30)(H,29,31);1-3,5-8H,4H2,(H,21,22);2-3H,4,8H2,1H3,(H2,9,10);1H3;1H/i;;;;1D;. The summed E-state index contributed by atoms with van der Waals surface area (Å²) >= 11 is 37.1. The van der Waals surface area contributed by atoms with E-state index in [-0.39, 0.29) is 29.8 Å².